The first kappa shape index (κ1) is 12.7. The van der Waals surface area contributed by atoms with Gasteiger partial charge in [-0.2, -0.15) is 13.2 Å². The topological polar surface area (TPSA) is 72.9 Å². The van der Waals surface area contributed by atoms with E-state index in [1.165, 1.54) is 0 Å². The number of halogens is 3. The second kappa shape index (κ2) is 4.36. The Kier molecular flexibility index (Phi) is 2.77. The Hall–Kier alpha value is -2.32. The number of hydrogen-bond acceptors (Lipinski definition) is 5. The van der Waals surface area contributed by atoms with Crippen molar-refractivity contribution in [3.8, 4) is 0 Å². The molecule has 0 unspecified atom stereocenters. The van der Waals surface area contributed by atoms with Crippen LogP contribution in [-0.4, -0.2) is 26.3 Å². The molecule has 0 atom stereocenters. The van der Waals surface area contributed by atoms with Gasteiger partial charge in [0.1, 0.15) is 11.6 Å². The second-order valence-electron chi connectivity index (χ2n) is 4.43. The Bertz CT molecular complexity index is 635. The summed E-state index contributed by atoms with van der Waals surface area (Å²) in [6.45, 7) is 0.776. The minimum Gasteiger partial charge on any atom is -0.384 e. The molecule has 3 rings (SSSR count). The van der Waals surface area contributed by atoms with Crippen molar-refractivity contribution in [2.24, 2.45) is 0 Å². The van der Waals surface area contributed by atoms with Crippen molar-refractivity contribution in [1.82, 2.24) is 19.7 Å². The molecular weight excluding hydrogens is 273 g/mol. The monoisotopic (exact) mass is 284 g/mol. The van der Waals surface area contributed by atoms with E-state index in [1.807, 2.05) is 4.90 Å². The van der Waals surface area contributed by atoms with Gasteiger partial charge in [-0.3, -0.25) is 0 Å². The fraction of sp³-hybridized carbons (Fsp3) is 0.364. The highest BCUT2D eigenvalue weighted by Crippen LogP contribution is 2.30. The van der Waals surface area contributed by atoms with E-state index in [2.05, 4.69) is 15.2 Å². The summed E-state index contributed by atoms with van der Waals surface area (Å²) in [5.41, 5.74) is 5.60. The number of pyridine rings is 1. The van der Waals surface area contributed by atoms with Crippen molar-refractivity contribution >= 4 is 11.6 Å². The summed E-state index contributed by atoms with van der Waals surface area (Å²) in [5.74, 6) is 0.304. The first-order valence-corrected chi connectivity index (χ1v) is 5.92. The smallest absolute Gasteiger partial charge is 0.384 e. The van der Waals surface area contributed by atoms with Crippen LogP contribution in [0, 0.1) is 0 Å². The molecule has 0 aromatic carbocycles. The molecule has 2 aromatic rings. The Balaban J connectivity index is 1.88. The van der Waals surface area contributed by atoms with Crippen LogP contribution in [0.5, 0.6) is 0 Å². The molecule has 0 aliphatic carbocycles. The maximum atomic E-state index is 12.7. The van der Waals surface area contributed by atoms with E-state index in [0.717, 1.165) is 4.57 Å². The zero-order chi connectivity index (χ0) is 14.3. The van der Waals surface area contributed by atoms with E-state index in [4.69, 9.17) is 5.73 Å². The highest BCUT2D eigenvalue weighted by Gasteiger charge is 2.39. The lowest BCUT2D eigenvalue weighted by molar-refractivity contribution is -0.147. The van der Waals surface area contributed by atoms with E-state index in [-0.39, 0.29) is 18.9 Å². The average Bonchev–Trinajstić information content (AvgIpc) is 2.81. The van der Waals surface area contributed by atoms with Gasteiger partial charge in [0.25, 0.3) is 0 Å². The van der Waals surface area contributed by atoms with Crippen molar-refractivity contribution in [2.75, 3.05) is 17.2 Å². The Morgan fingerprint density at radius 1 is 1.15 bits per heavy atom. The normalized spacial score (nSPS) is 15.2. The van der Waals surface area contributed by atoms with E-state index < -0.39 is 12.0 Å². The molecule has 9 heteroatoms. The number of nitrogens with two attached hydrogens (primary N) is 1. The number of nitrogen functional groups attached to an aromatic ring is 1. The molecule has 106 valence electrons. The highest BCUT2D eigenvalue weighted by molar-refractivity contribution is 5.45. The third kappa shape index (κ3) is 2.15. The van der Waals surface area contributed by atoms with Gasteiger partial charge in [0.15, 0.2) is 5.82 Å². The molecule has 0 spiro atoms. The molecule has 0 saturated heterocycles. The zero-order valence-corrected chi connectivity index (χ0v) is 10.3. The van der Waals surface area contributed by atoms with E-state index in [9.17, 15) is 13.2 Å². The van der Waals surface area contributed by atoms with Crippen LogP contribution in [0.25, 0.3) is 0 Å². The van der Waals surface area contributed by atoms with E-state index in [0.29, 0.717) is 18.2 Å². The number of hydrogen-bond donors (Lipinski definition) is 1. The Morgan fingerprint density at radius 3 is 2.65 bits per heavy atom. The van der Waals surface area contributed by atoms with Crippen LogP contribution in [0.15, 0.2) is 18.2 Å². The van der Waals surface area contributed by atoms with Crippen molar-refractivity contribution in [1.29, 1.82) is 0 Å². The van der Waals surface area contributed by atoms with Gasteiger partial charge in [-0.25, -0.2) is 4.98 Å². The molecule has 0 saturated carbocycles. The summed E-state index contributed by atoms with van der Waals surface area (Å²) in [7, 11) is 0. The number of fused-ring (bicyclic) bond motifs is 1. The molecule has 1 aliphatic heterocycles. The van der Waals surface area contributed by atoms with Gasteiger partial charge in [-0.15, -0.1) is 10.2 Å². The lowest BCUT2D eigenvalue weighted by Gasteiger charge is -2.28. The van der Waals surface area contributed by atoms with E-state index in [1.54, 1.807) is 18.2 Å². The van der Waals surface area contributed by atoms with Gasteiger partial charge in [-0.1, -0.05) is 6.07 Å². The van der Waals surface area contributed by atoms with Crippen molar-refractivity contribution in [2.45, 2.75) is 19.3 Å². The number of anilines is 2. The van der Waals surface area contributed by atoms with E-state index >= 15 is 0 Å². The first-order chi connectivity index (χ1) is 9.45. The summed E-state index contributed by atoms with van der Waals surface area (Å²) >= 11 is 0. The Morgan fingerprint density at radius 2 is 1.95 bits per heavy atom. The standard InChI is InChI=1S/C11H11F3N6/c12-11(13,14)10-18-17-9-6-19(4-5-20(9)10)8-3-1-2-7(15)16-8/h1-3H,4-6H2,(H2,15,16). The van der Waals surface area contributed by atoms with Gasteiger partial charge in [0.2, 0.25) is 5.82 Å². The first-order valence-electron chi connectivity index (χ1n) is 5.92. The number of nitrogens with zero attached hydrogens (tertiary/aromatic N) is 5. The summed E-state index contributed by atoms with van der Waals surface area (Å²) in [6, 6.07) is 5.16. The van der Waals surface area contributed by atoms with Gasteiger partial charge < -0.3 is 15.2 Å². The molecule has 0 fully saturated rings. The van der Waals surface area contributed by atoms with Crippen LogP contribution >= 0.6 is 0 Å². The Labute approximate surface area is 112 Å². The molecule has 0 bridgehead atoms. The minimum atomic E-state index is -4.48. The minimum absolute atomic E-state index is 0.160. The third-order valence-corrected chi connectivity index (χ3v) is 3.09. The largest absolute Gasteiger partial charge is 0.451 e. The van der Waals surface area contributed by atoms with Crippen molar-refractivity contribution < 1.29 is 13.2 Å². The van der Waals surface area contributed by atoms with Crippen LogP contribution in [0.3, 0.4) is 0 Å². The summed E-state index contributed by atoms with van der Waals surface area (Å²) in [4.78, 5) is 5.97. The van der Waals surface area contributed by atoms with Crippen LogP contribution in [-0.2, 0) is 19.3 Å². The second-order valence-corrected chi connectivity index (χ2v) is 4.43. The maximum absolute atomic E-state index is 12.7. The highest BCUT2D eigenvalue weighted by atomic mass is 19.4. The van der Waals surface area contributed by atoms with Gasteiger partial charge in [0, 0.05) is 13.1 Å². The van der Waals surface area contributed by atoms with Gasteiger partial charge >= 0.3 is 6.18 Å². The van der Waals surface area contributed by atoms with Crippen molar-refractivity contribution in [3.63, 3.8) is 0 Å². The predicted molar refractivity (Wildman–Crippen MR) is 64.7 cm³/mol. The fourth-order valence-electron chi connectivity index (χ4n) is 2.18. The van der Waals surface area contributed by atoms with Gasteiger partial charge in [-0.05, 0) is 12.1 Å². The fourth-order valence-corrected chi connectivity index (χ4v) is 2.18. The van der Waals surface area contributed by atoms with Crippen LogP contribution in [0.1, 0.15) is 11.6 Å². The molecule has 1 aliphatic rings. The van der Waals surface area contributed by atoms with Crippen LogP contribution in [0.2, 0.25) is 0 Å². The molecule has 2 N–H and O–H groups in total. The number of alkyl halides is 3. The number of rotatable bonds is 1. The molecule has 0 radical (unpaired) electrons. The lowest BCUT2D eigenvalue weighted by Crippen LogP contribution is -2.35. The molecule has 3 heterocycles. The SMILES string of the molecule is Nc1cccc(N2CCn3c(nnc3C(F)(F)F)C2)n1. The molecule has 2 aromatic heterocycles. The van der Waals surface area contributed by atoms with Crippen LogP contribution < -0.4 is 10.6 Å². The molecular formula is C11H11F3N6. The number of aromatic nitrogens is 4. The van der Waals surface area contributed by atoms with Gasteiger partial charge in [0.05, 0.1) is 6.54 Å². The lowest BCUT2D eigenvalue weighted by atomic mass is 10.3. The predicted octanol–water partition coefficient (Wildman–Crippen LogP) is 1.29. The molecule has 0 amide bonds. The quantitative estimate of drug-likeness (QED) is 0.854. The zero-order valence-electron chi connectivity index (χ0n) is 10.3. The average molecular weight is 284 g/mol. The molecule has 20 heavy (non-hydrogen) atoms. The summed E-state index contributed by atoms with van der Waals surface area (Å²) in [6.07, 6.45) is -4.48. The summed E-state index contributed by atoms with van der Waals surface area (Å²) in [5, 5.41) is 6.84. The maximum Gasteiger partial charge on any atom is 0.451 e. The summed E-state index contributed by atoms with van der Waals surface area (Å²) < 4.78 is 39.2. The van der Waals surface area contributed by atoms with Crippen LogP contribution in [0.4, 0.5) is 24.8 Å². The third-order valence-electron chi connectivity index (χ3n) is 3.09. The van der Waals surface area contributed by atoms with Crippen molar-refractivity contribution in [3.05, 3.63) is 29.8 Å². The molecule has 6 nitrogen and oxygen atoms in total.